The Morgan fingerprint density at radius 3 is 2.21 bits per heavy atom. The van der Waals surface area contributed by atoms with E-state index in [4.69, 9.17) is 0 Å². The third-order valence-electron chi connectivity index (χ3n) is 2.77. The first-order valence-electron chi connectivity index (χ1n) is 5.91. The normalized spacial score (nSPS) is 19.6. The first-order chi connectivity index (χ1) is 8.70. The van der Waals surface area contributed by atoms with E-state index in [1.165, 1.54) is 25.9 Å². The van der Waals surface area contributed by atoms with Crippen LogP contribution in [0.5, 0.6) is 0 Å². The molecule has 0 saturated carbocycles. The van der Waals surface area contributed by atoms with Crippen LogP contribution in [-0.2, 0) is 19.2 Å². The third-order valence-corrected chi connectivity index (χ3v) is 2.77. The summed E-state index contributed by atoms with van der Waals surface area (Å²) in [7, 11) is 2.97. The van der Waals surface area contributed by atoms with Gasteiger partial charge < -0.3 is 5.32 Å². The van der Waals surface area contributed by atoms with Gasteiger partial charge in [-0.15, -0.1) is 0 Å². The molecule has 1 aliphatic heterocycles. The van der Waals surface area contributed by atoms with Crippen LogP contribution in [0.1, 0.15) is 26.7 Å². The number of likely N-dealkylation sites (tertiary alicyclic amines) is 1. The van der Waals surface area contributed by atoms with Gasteiger partial charge in [-0.05, 0) is 0 Å². The third kappa shape index (κ3) is 5.58. The molecule has 1 N–H and O–H groups in total. The van der Waals surface area contributed by atoms with E-state index in [1.807, 2.05) is 0 Å². The Hall–Kier alpha value is -1.79. The Bertz CT molecular complexity index is 384. The van der Waals surface area contributed by atoms with Gasteiger partial charge in [-0.1, -0.05) is 13.8 Å². The number of hydrogen-bond acceptors (Lipinski definition) is 4. The second-order valence-corrected chi connectivity index (χ2v) is 4.47. The predicted octanol–water partition coefficient (Wildman–Crippen LogP) is 0.266. The molecule has 0 aromatic heterocycles. The van der Waals surface area contributed by atoms with Crippen LogP contribution in [0, 0.1) is 11.8 Å². The van der Waals surface area contributed by atoms with Crippen molar-refractivity contribution in [1.82, 2.24) is 10.2 Å². The summed E-state index contributed by atoms with van der Waals surface area (Å²) in [6.45, 7) is 3.26. The summed E-state index contributed by atoms with van der Waals surface area (Å²) >= 11 is 0. The van der Waals surface area contributed by atoms with Crippen molar-refractivity contribution in [1.29, 1.82) is 0 Å². The van der Waals surface area contributed by atoms with Crippen LogP contribution in [0.25, 0.3) is 0 Å². The molecule has 3 amide bonds. The lowest BCUT2D eigenvalue weighted by molar-refractivity contribution is -0.137. The molecule has 1 saturated heterocycles. The molecule has 6 nitrogen and oxygen atoms in total. The van der Waals surface area contributed by atoms with E-state index in [2.05, 4.69) is 5.32 Å². The smallest absolute Gasteiger partial charge is 0.302 e. The van der Waals surface area contributed by atoms with Crippen LogP contribution in [0.4, 0.5) is 4.39 Å². The zero-order valence-corrected chi connectivity index (χ0v) is 11.5. The van der Waals surface area contributed by atoms with E-state index in [1.54, 1.807) is 6.92 Å². The molecule has 1 heterocycles. The average molecular weight is 274 g/mol. The lowest BCUT2D eigenvalue weighted by Gasteiger charge is -2.04. The molecule has 2 unspecified atom stereocenters. The number of rotatable bonds is 3. The van der Waals surface area contributed by atoms with Gasteiger partial charge in [0.05, 0.1) is 0 Å². The van der Waals surface area contributed by atoms with Crippen molar-refractivity contribution in [3.63, 3.8) is 0 Å². The molecule has 0 aliphatic carbocycles. The Balaban J connectivity index is 0.000000342. The van der Waals surface area contributed by atoms with E-state index in [0.717, 1.165) is 0 Å². The fraction of sp³-hybridized carbons (Fsp3) is 0.667. The maximum Gasteiger partial charge on any atom is 0.302 e. The molecule has 0 aromatic carbocycles. The van der Waals surface area contributed by atoms with Gasteiger partial charge in [-0.3, -0.25) is 24.1 Å². The van der Waals surface area contributed by atoms with E-state index >= 15 is 0 Å². The molecule has 0 bridgehead atoms. The van der Waals surface area contributed by atoms with Crippen molar-refractivity contribution in [2.24, 2.45) is 11.8 Å². The molecule has 0 spiro atoms. The van der Waals surface area contributed by atoms with Crippen LogP contribution in [0.2, 0.25) is 0 Å². The van der Waals surface area contributed by atoms with Gasteiger partial charge in [-0.2, -0.15) is 4.39 Å². The summed E-state index contributed by atoms with van der Waals surface area (Å²) < 4.78 is 11.6. The van der Waals surface area contributed by atoms with Crippen LogP contribution >= 0.6 is 0 Å². The number of nitrogens with zero attached hydrogens (tertiary/aromatic N) is 1. The molecule has 19 heavy (non-hydrogen) atoms. The number of halogens is 1. The first-order valence-corrected chi connectivity index (χ1v) is 5.91. The summed E-state index contributed by atoms with van der Waals surface area (Å²) in [5, 5.41) is 2.31. The maximum atomic E-state index is 11.6. The standard InChI is InChI=1S/C6H10FNO2.C6H9NO2/c1-4(3-5(7)9)6(10)8-2;1-4-3-5(8)7(2)6(4)9/h4H,3H2,1-2H3,(H,8,10);4H,3H2,1-2H3. The largest absolute Gasteiger partial charge is 0.359 e. The number of amides is 3. The fourth-order valence-electron chi connectivity index (χ4n) is 1.52. The van der Waals surface area contributed by atoms with Gasteiger partial charge in [0, 0.05) is 38.8 Å². The van der Waals surface area contributed by atoms with Crippen molar-refractivity contribution < 1.29 is 23.6 Å². The average Bonchev–Trinajstić information content (AvgIpc) is 2.55. The summed E-state index contributed by atoms with van der Waals surface area (Å²) in [5.74, 6) is -1.09. The van der Waals surface area contributed by atoms with Crippen LogP contribution < -0.4 is 5.32 Å². The lowest BCUT2D eigenvalue weighted by Crippen LogP contribution is -2.26. The van der Waals surface area contributed by atoms with Crippen LogP contribution in [-0.4, -0.2) is 42.8 Å². The second kappa shape index (κ2) is 7.60. The highest BCUT2D eigenvalue weighted by Crippen LogP contribution is 2.15. The molecule has 108 valence electrons. The van der Waals surface area contributed by atoms with Gasteiger partial charge in [0.15, 0.2) is 0 Å². The highest BCUT2D eigenvalue weighted by Gasteiger charge is 2.32. The van der Waals surface area contributed by atoms with E-state index in [-0.39, 0.29) is 30.1 Å². The Morgan fingerprint density at radius 2 is 2.00 bits per heavy atom. The minimum Gasteiger partial charge on any atom is -0.359 e. The maximum absolute atomic E-state index is 11.6. The number of nitrogens with one attached hydrogen (secondary N) is 1. The predicted molar refractivity (Wildman–Crippen MR) is 65.5 cm³/mol. The Labute approximate surface area is 111 Å². The van der Waals surface area contributed by atoms with Gasteiger partial charge in [0.1, 0.15) is 0 Å². The van der Waals surface area contributed by atoms with E-state index in [0.29, 0.717) is 6.42 Å². The topological polar surface area (TPSA) is 83.6 Å². The molecule has 0 radical (unpaired) electrons. The minimum absolute atomic E-state index is 0.0556. The number of imide groups is 1. The van der Waals surface area contributed by atoms with Crippen molar-refractivity contribution in [3.05, 3.63) is 0 Å². The van der Waals surface area contributed by atoms with Gasteiger partial charge in [0.25, 0.3) is 0 Å². The number of carbonyl (C=O) groups is 4. The molecule has 0 aromatic rings. The van der Waals surface area contributed by atoms with E-state index in [9.17, 15) is 23.6 Å². The highest BCUT2D eigenvalue weighted by molar-refractivity contribution is 6.02. The fourth-order valence-corrected chi connectivity index (χ4v) is 1.52. The van der Waals surface area contributed by atoms with Gasteiger partial charge in [0.2, 0.25) is 17.7 Å². The molecule has 7 heteroatoms. The molecule has 1 aliphatic rings. The van der Waals surface area contributed by atoms with Crippen LogP contribution in [0.15, 0.2) is 0 Å². The van der Waals surface area contributed by atoms with Gasteiger partial charge in [-0.25, -0.2) is 0 Å². The first kappa shape index (κ1) is 17.2. The molecular weight excluding hydrogens is 255 g/mol. The van der Waals surface area contributed by atoms with Crippen LogP contribution in [0.3, 0.4) is 0 Å². The Kier molecular flexibility index (Phi) is 6.89. The highest BCUT2D eigenvalue weighted by atomic mass is 19.1. The summed E-state index contributed by atoms with van der Waals surface area (Å²) in [6.07, 6.45) is 0.0506. The lowest BCUT2D eigenvalue weighted by atomic mass is 10.1. The van der Waals surface area contributed by atoms with Gasteiger partial charge >= 0.3 is 6.04 Å². The summed E-state index contributed by atoms with van der Waals surface area (Å²) in [4.78, 5) is 43.2. The Morgan fingerprint density at radius 1 is 1.47 bits per heavy atom. The van der Waals surface area contributed by atoms with Crippen molar-refractivity contribution in [2.45, 2.75) is 26.7 Å². The molecule has 1 fully saturated rings. The zero-order chi connectivity index (χ0) is 15.2. The monoisotopic (exact) mass is 274 g/mol. The quantitative estimate of drug-likeness (QED) is 0.591. The molecule has 1 rings (SSSR count). The zero-order valence-electron chi connectivity index (χ0n) is 11.5. The van der Waals surface area contributed by atoms with Crippen molar-refractivity contribution in [3.8, 4) is 0 Å². The number of carbonyl (C=O) groups excluding carboxylic acids is 4. The number of hydrogen-bond donors (Lipinski definition) is 1. The summed E-state index contributed by atoms with van der Waals surface area (Å²) in [5.41, 5.74) is 0. The van der Waals surface area contributed by atoms with Crippen molar-refractivity contribution >= 4 is 23.8 Å². The second-order valence-electron chi connectivity index (χ2n) is 4.47. The van der Waals surface area contributed by atoms with E-state index < -0.39 is 12.0 Å². The summed E-state index contributed by atoms with van der Waals surface area (Å²) in [6, 6.07) is -1.45. The molecule has 2 atom stereocenters. The molecular formula is C12H19FN2O4. The SMILES string of the molecule is CC1CC(=O)N(C)C1=O.CNC(=O)C(C)CC(=O)F. The minimum atomic E-state index is -1.45. The van der Waals surface area contributed by atoms with Crippen molar-refractivity contribution in [2.75, 3.05) is 14.1 Å².